The van der Waals surface area contributed by atoms with Crippen LogP contribution in [0.1, 0.15) is 18.7 Å². The van der Waals surface area contributed by atoms with Gasteiger partial charge in [-0.1, -0.05) is 6.92 Å². The van der Waals surface area contributed by atoms with Crippen LogP contribution in [-0.2, 0) is 9.84 Å². The summed E-state index contributed by atoms with van der Waals surface area (Å²) in [6, 6.07) is 4.81. The Morgan fingerprint density at radius 2 is 2.16 bits per heavy atom. The van der Waals surface area contributed by atoms with Gasteiger partial charge < -0.3 is 9.73 Å². The van der Waals surface area contributed by atoms with Crippen LogP contribution in [0, 0.1) is 5.92 Å². The Balaban J connectivity index is 2.06. The number of hydrogen-bond acceptors (Lipinski definition) is 5. The molecule has 1 saturated heterocycles. The first-order chi connectivity index (χ1) is 8.95. The maximum absolute atomic E-state index is 11.5. The second kappa shape index (κ2) is 4.31. The Morgan fingerprint density at radius 3 is 2.79 bits per heavy atom. The van der Waals surface area contributed by atoms with Crippen LogP contribution in [0.15, 0.2) is 27.5 Å². The first-order valence-electron chi connectivity index (χ1n) is 6.26. The third kappa shape index (κ3) is 2.26. The first-order valence-corrected chi connectivity index (χ1v) is 8.15. The van der Waals surface area contributed by atoms with Gasteiger partial charge in [-0.15, -0.1) is 0 Å². The first kappa shape index (κ1) is 12.6. The molecular formula is C13H16N2O3S. The standard InChI is InChI=1S/C13H16N2O3S/c1-8-6-14-7-10(8)13-15-11-5-9(19(2,16)17)3-4-12(11)18-13/h3-5,8,10,14H,6-7H2,1-2H3. The van der Waals surface area contributed by atoms with Gasteiger partial charge in [-0.25, -0.2) is 13.4 Å². The average molecular weight is 280 g/mol. The molecule has 1 aromatic carbocycles. The fraction of sp³-hybridized carbons (Fsp3) is 0.462. The van der Waals surface area contributed by atoms with E-state index in [-0.39, 0.29) is 10.8 Å². The zero-order valence-electron chi connectivity index (χ0n) is 10.9. The molecule has 2 heterocycles. The molecule has 2 unspecified atom stereocenters. The highest BCUT2D eigenvalue weighted by Crippen LogP contribution is 2.30. The summed E-state index contributed by atoms with van der Waals surface area (Å²) in [6.07, 6.45) is 1.19. The van der Waals surface area contributed by atoms with Crippen molar-refractivity contribution in [2.24, 2.45) is 5.92 Å². The van der Waals surface area contributed by atoms with E-state index in [2.05, 4.69) is 17.2 Å². The Bertz CT molecular complexity index is 721. The molecule has 102 valence electrons. The molecule has 5 nitrogen and oxygen atoms in total. The molecule has 6 heteroatoms. The van der Waals surface area contributed by atoms with E-state index in [9.17, 15) is 8.42 Å². The molecule has 1 fully saturated rings. The molecule has 0 aliphatic carbocycles. The number of benzene rings is 1. The summed E-state index contributed by atoms with van der Waals surface area (Å²) in [5.41, 5.74) is 1.25. The van der Waals surface area contributed by atoms with Crippen LogP contribution in [0.3, 0.4) is 0 Å². The minimum Gasteiger partial charge on any atom is -0.440 e. The quantitative estimate of drug-likeness (QED) is 0.903. The highest BCUT2D eigenvalue weighted by Gasteiger charge is 2.29. The Kier molecular flexibility index (Phi) is 2.87. The average Bonchev–Trinajstić information content (AvgIpc) is 2.91. The summed E-state index contributed by atoms with van der Waals surface area (Å²) in [4.78, 5) is 4.72. The van der Waals surface area contributed by atoms with Crippen LogP contribution >= 0.6 is 0 Å². The fourth-order valence-electron chi connectivity index (χ4n) is 2.45. The van der Waals surface area contributed by atoms with Gasteiger partial charge in [0.1, 0.15) is 5.52 Å². The normalized spacial score (nSPS) is 24.1. The van der Waals surface area contributed by atoms with Crippen molar-refractivity contribution < 1.29 is 12.8 Å². The van der Waals surface area contributed by atoms with E-state index in [1.807, 2.05) is 0 Å². The second-order valence-corrected chi connectivity index (χ2v) is 7.21. The van der Waals surface area contributed by atoms with E-state index in [1.54, 1.807) is 18.2 Å². The molecule has 3 rings (SSSR count). The van der Waals surface area contributed by atoms with Crippen molar-refractivity contribution in [3.63, 3.8) is 0 Å². The van der Waals surface area contributed by atoms with Gasteiger partial charge in [0.25, 0.3) is 0 Å². The minimum atomic E-state index is -3.21. The molecule has 1 aliphatic rings. The van der Waals surface area contributed by atoms with E-state index < -0.39 is 9.84 Å². The lowest BCUT2D eigenvalue weighted by atomic mass is 9.98. The number of oxazole rings is 1. The molecule has 0 spiro atoms. The van der Waals surface area contributed by atoms with Gasteiger partial charge >= 0.3 is 0 Å². The summed E-state index contributed by atoms with van der Waals surface area (Å²) in [5, 5.41) is 3.30. The molecule has 0 bridgehead atoms. The SMILES string of the molecule is CC1CNCC1c1nc2cc(S(C)(=O)=O)ccc2o1. The van der Waals surface area contributed by atoms with Crippen molar-refractivity contribution in [2.75, 3.05) is 19.3 Å². The number of nitrogens with one attached hydrogen (secondary N) is 1. The van der Waals surface area contributed by atoms with E-state index in [1.165, 1.54) is 6.26 Å². The molecule has 1 N–H and O–H groups in total. The number of fused-ring (bicyclic) bond motifs is 1. The highest BCUT2D eigenvalue weighted by atomic mass is 32.2. The lowest BCUT2D eigenvalue weighted by Crippen LogP contribution is -2.08. The largest absolute Gasteiger partial charge is 0.440 e. The summed E-state index contributed by atoms with van der Waals surface area (Å²) < 4.78 is 28.8. The van der Waals surface area contributed by atoms with E-state index >= 15 is 0 Å². The maximum atomic E-state index is 11.5. The number of rotatable bonds is 2. The minimum absolute atomic E-state index is 0.258. The predicted octanol–water partition coefficient (Wildman–Crippen LogP) is 1.55. The molecule has 0 amide bonds. The van der Waals surface area contributed by atoms with E-state index in [0.717, 1.165) is 13.1 Å². The fourth-order valence-corrected chi connectivity index (χ4v) is 3.10. The van der Waals surface area contributed by atoms with Crippen LogP contribution in [-0.4, -0.2) is 32.7 Å². The van der Waals surface area contributed by atoms with Gasteiger partial charge in [-0.3, -0.25) is 0 Å². The van der Waals surface area contributed by atoms with Crippen molar-refractivity contribution in [2.45, 2.75) is 17.7 Å². The molecular weight excluding hydrogens is 264 g/mol. The zero-order chi connectivity index (χ0) is 13.6. The van der Waals surface area contributed by atoms with Crippen LogP contribution in [0.4, 0.5) is 0 Å². The van der Waals surface area contributed by atoms with Crippen molar-refractivity contribution in [1.29, 1.82) is 0 Å². The van der Waals surface area contributed by atoms with Gasteiger partial charge in [0.05, 0.1) is 10.8 Å². The molecule has 1 aromatic heterocycles. The smallest absolute Gasteiger partial charge is 0.200 e. The topological polar surface area (TPSA) is 72.2 Å². The van der Waals surface area contributed by atoms with Crippen LogP contribution in [0.25, 0.3) is 11.1 Å². The number of nitrogens with zero attached hydrogens (tertiary/aromatic N) is 1. The molecule has 0 radical (unpaired) electrons. The van der Waals surface area contributed by atoms with Gasteiger partial charge in [-0.05, 0) is 30.7 Å². The van der Waals surface area contributed by atoms with Gasteiger partial charge in [0, 0.05) is 12.8 Å². The van der Waals surface area contributed by atoms with E-state index in [0.29, 0.717) is 22.9 Å². The van der Waals surface area contributed by atoms with Gasteiger partial charge in [0.2, 0.25) is 0 Å². The Morgan fingerprint density at radius 1 is 1.37 bits per heavy atom. The number of sulfone groups is 1. The van der Waals surface area contributed by atoms with Crippen molar-refractivity contribution >= 4 is 20.9 Å². The third-order valence-corrected chi connectivity index (χ3v) is 4.75. The summed E-state index contributed by atoms with van der Waals surface area (Å²) in [7, 11) is -3.21. The molecule has 2 atom stereocenters. The highest BCUT2D eigenvalue weighted by molar-refractivity contribution is 7.90. The van der Waals surface area contributed by atoms with Crippen LogP contribution in [0.2, 0.25) is 0 Å². The molecule has 2 aromatic rings. The zero-order valence-corrected chi connectivity index (χ0v) is 11.7. The number of hydrogen-bond donors (Lipinski definition) is 1. The third-order valence-electron chi connectivity index (χ3n) is 3.64. The second-order valence-electron chi connectivity index (χ2n) is 5.20. The summed E-state index contributed by atoms with van der Waals surface area (Å²) in [5.74, 6) is 1.43. The van der Waals surface area contributed by atoms with Gasteiger partial charge in [0.15, 0.2) is 21.3 Å². The van der Waals surface area contributed by atoms with Crippen LogP contribution in [0.5, 0.6) is 0 Å². The lowest BCUT2D eigenvalue weighted by Gasteiger charge is -2.08. The predicted molar refractivity (Wildman–Crippen MR) is 71.9 cm³/mol. The summed E-state index contributed by atoms with van der Waals surface area (Å²) >= 11 is 0. The van der Waals surface area contributed by atoms with Gasteiger partial charge in [-0.2, -0.15) is 0 Å². The Hall–Kier alpha value is -1.40. The van der Waals surface area contributed by atoms with Crippen LogP contribution < -0.4 is 5.32 Å². The van der Waals surface area contributed by atoms with E-state index in [4.69, 9.17) is 4.42 Å². The van der Waals surface area contributed by atoms with Crippen molar-refractivity contribution in [1.82, 2.24) is 10.3 Å². The van der Waals surface area contributed by atoms with Crippen molar-refractivity contribution in [3.8, 4) is 0 Å². The lowest BCUT2D eigenvalue weighted by molar-refractivity contribution is 0.435. The monoisotopic (exact) mass is 280 g/mol. The number of aromatic nitrogens is 1. The molecule has 0 saturated carbocycles. The molecule has 1 aliphatic heterocycles. The molecule has 19 heavy (non-hydrogen) atoms. The van der Waals surface area contributed by atoms with Crippen molar-refractivity contribution in [3.05, 3.63) is 24.1 Å². The Labute approximate surface area is 111 Å². The summed E-state index contributed by atoms with van der Waals surface area (Å²) in [6.45, 7) is 3.96. The maximum Gasteiger partial charge on any atom is 0.200 e.